The van der Waals surface area contributed by atoms with Crippen molar-refractivity contribution in [2.24, 2.45) is 0 Å². The predicted molar refractivity (Wildman–Crippen MR) is 109 cm³/mol. The SMILES string of the molecule is CCOc1ccccc1-n1ccc([C@@H]2OCCN2c2ccc(CC)cc2)c1. The van der Waals surface area contributed by atoms with Crippen molar-refractivity contribution in [1.82, 2.24) is 4.57 Å². The molecule has 0 saturated carbocycles. The van der Waals surface area contributed by atoms with Gasteiger partial charge in [0.2, 0.25) is 0 Å². The number of ether oxygens (including phenoxy) is 2. The molecule has 2 aromatic carbocycles. The summed E-state index contributed by atoms with van der Waals surface area (Å²) in [6.45, 7) is 6.47. The third kappa shape index (κ3) is 3.58. The van der Waals surface area contributed by atoms with Crippen LogP contribution in [0.3, 0.4) is 0 Å². The number of para-hydroxylation sites is 2. The highest BCUT2D eigenvalue weighted by Crippen LogP contribution is 2.33. The number of aryl methyl sites for hydroxylation is 1. The molecule has 0 spiro atoms. The van der Waals surface area contributed by atoms with Crippen LogP contribution in [0.2, 0.25) is 0 Å². The molecule has 4 nitrogen and oxygen atoms in total. The molecule has 1 aliphatic rings. The fraction of sp³-hybridized carbons (Fsp3) is 0.304. The molecule has 4 rings (SSSR count). The lowest BCUT2D eigenvalue weighted by Gasteiger charge is -2.24. The van der Waals surface area contributed by atoms with Crippen molar-refractivity contribution in [3.8, 4) is 11.4 Å². The molecule has 1 aromatic heterocycles. The van der Waals surface area contributed by atoms with Gasteiger partial charge in [0, 0.05) is 30.2 Å². The third-order valence-electron chi connectivity index (χ3n) is 5.01. The second-order valence-electron chi connectivity index (χ2n) is 6.69. The van der Waals surface area contributed by atoms with Gasteiger partial charge in [-0.25, -0.2) is 0 Å². The van der Waals surface area contributed by atoms with Gasteiger partial charge in [-0.1, -0.05) is 31.2 Å². The lowest BCUT2D eigenvalue weighted by Crippen LogP contribution is -2.22. The number of benzene rings is 2. The van der Waals surface area contributed by atoms with Crippen LogP contribution in [0.4, 0.5) is 5.69 Å². The van der Waals surface area contributed by atoms with Gasteiger partial charge in [-0.15, -0.1) is 0 Å². The maximum Gasteiger partial charge on any atom is 0.158 e. The minimum Gasteiger partial charge on any atom is -0.492 e. The number of anilines is 1. The molecule has 0 bridgehead atoms. The van der Waals surface area contributed by atoms with Crippen molar-refractivity contribution in [3.63, 3.8) is 0 Å². The Morgan fingerprint density at radius 1 is 1.04 bits per heavy atom. The van der Waals surface area contributed by atoms with Gasteiger partial charge in [-0.05, 0) is 49.2 Å². The average molecular weight is 362 g/mol. The van der Waals surface area contributed by atoms with Crippen LogP contribution in [0.1, 0.15) is 31.2 Å². The highest BCUT2D eigenvalue weighted by atomic mass is 16.5. The first kappa shape index (κ1) is 17.7. The fourth-order valence-electron chi connectivity index (χ4n) is 3.59. The van der Waals surface area contributed by atoms with E-state index in [1.807, 2.05) is 25.1 Å². The normalized spacial score (nSPS) is 16.7. The molecule has 0 aliphatic carbocycles. The summed E-state index contributed by atoms with van der Waals surface area (Å²) in [7, 11) is 0. The summed E-state index contributed by atoms with van der Waals surface area (Å²) < 4.78 is 14.0. The number of rotatable bonds is 6. The van der Waals surface area contributed by atoms with E-state index in [1.54, 1.807) is 0 Å². The van der Waals surface area contributed by atoms with Crippen LogP contribution in [0, 0.1) is 0 Å². The van der Waals surface area contributed by atoms with Gasteiger partial charge in [0.1, 0.15) is 5.75 Å². The van der Waals surface area contributed by atoms with Gasteiger partial charge in [0.25, 0.3) is 0 Å². The van der Waals surface area contributed by atoms with Crippen LogP contribution in [0.25, 0.3) is 5.69 Å². The van der Waals surface area contributed by atoms with Gasteiger partial charge in [-0.2, -0.15) is 0 Å². The quantitative estimate of drug-likeness (QED) is 0.619. The van der Waals surface area contributed by atoms with Crippen LogP contribution < -0.4 is 9.64 Å². The topological polar surface area (TPSA) is 26.6 Å². The van der Waals surface area contributed by atoms with E-state index in [4.69, 9.17) is 9.47 Å². The van der Waals surface area contributed by atoms with E-state index >= 15 is 0 Å². The van der Waals surface area contributed by atoms with Crippen LogP contribution in [-0.4, -0.2) is 24.3 Å². The van der Waals surface area contributed by atoms with Gasteiger partial charge >= 0.3 is 0 Å². The van der Waals surface area contributed by atoms with Crippen LogP contribution in [0.15, 0.2) is 67.0 Å². The van der Waals surface area contributed by atoms with E-state index in [0.29, 0.717) is 6.61 Å². The molecule has 0 N–H and O–H groups in total. The molecule has 1 fully saturated rings. The lowest BCUT2D eigenvalue weighted by atomic mass is 10.1. The highest BCUT2D eigenvalue weighted by molar-refractivity contribution is 5.51. The van der Waals surface area contributed by atoms with E-state index < -0.39 is 0 Å². The van der Waals surface area contributed by atoms with Crippen molar-refractivity contribution in [2.75, 3.05) is 24.7 Å². The zero-order valence-corrected chi connectivity index (χ0v) is 16.0. The first-order valence-electron chi connectivity index (χ1n) is 9.67. The lowest BCUT2D eigenvalue weighted by molar-refractivity contribution is 0.114. The molecule has 140 valence electrons. The van der Waals surface area contributed by atoms with Crippen LogP contribution in [-0.2, 0) is 11.2 Å². The largest absolute Gasteiger partial charge is 0.492 e. The number of aromatic nitrogens is 1. The number of hydrogen-bond donors (Lipinski definition) is 0. The summed E-state index contributed by atoms with van der Waals surface area (Å²) in [5, 5.41) is 0. The third-order valence-corrected chi connectivity index (χ3v) is 5.01. The monoisotopic (exact) mass is 362 g/mol. The summed E-state index contributed by atoms with van der Waals surface area (Å²) in [6, 6.07) is 19.0. The standard InChI is InChI=1S/C23H26N2O2/c1-3-18-9-11-20(12-10-18)25-15-16-27-23(25)19-13-14-24(17-19)21-7-5-6-8-22(21)26-4-2/h5-14,17,23H,3-4,15-16H2,1-2H3/t23-/m0/s1. The summed E-state index contributed by atoms with van der Waals surface area (Å²) in [6.07, 6.45) is 5.22. The van der Waals surface area contributed by atoms with Crippen LogP contribution >= 0.6 is 0 Å². The zero-order chi connectivity index (χ0) is 18.6. The van der Waals surface area contributed by atoms with Crippen molar-refractivity contribution < 1.29 is 9.47 Å². The molecule has 4 heteroatoms. The first-order valence-corrected chi connectivity index (χ1v) is 9.67. The molecule has 1 saturated heterocycles. The molecule has 2 heterocycles. The Balaban J connectivity index is 1.60. The second-order valence-corrected chi connectivity index (χ2v) is 6.69. The smallest absolute Gasteiger partial charge is 0.158 e. The minimum atomic E-state index is -0.0574. The zero-order valence-electron chi connectivity index (χ0n) is 16.0. The number of hydrogen-bond acceptors (Lipinski definition) is 3. The molecule has 0 unspecified atom stereocenters. The predicted octanol–water partition coefficient (Wildman–Crippen LogP) is 4.97. The van der Waals surface area contributed by atoms with Crippen molar-refractivity contribution in [3.05, 3.63) is 78.1 Å². The molecule has 1 aliphatic heterocycles. The van der Waals surface area contributed by atoms with E-state index in [0.717, 1.165) is 36.6 Å². The van der Waals surface area contributed by atoms with E-state index in [2.05, 4.69) is 65.2 Å². The summed E-state index contributed by atoms with van der Waals surface area (Å²) in [5.41, 5.74) is 4.76. The molecule has 0 radical (unpaired) electrons. The summed E-state index contributed by atoms with van der Waals surface area (Å²) in [4.78, 5) is 2.33. The highest BCUT2D eigenvalue weighted by Gasteiger charge is 2.28. The number of nitrogens with zero attached hydrogens (tertiary/aromatic N) is 2. The van der Waals surface area contributed by atoms with Crippen molar-refractivity contribution in [2.45, 2.75) is 26.5 Å². The Labute approximate surface area is 161 Å². The molecule has 1 atom stereocenters. The molecular formula is C23H26N2O2. The fourth-order valence-corrected chi connectivity index (χ4v) is 3.59. The van der Waals surface area contributed by atoms with E-state index in [9.17, 15) is 0 Å². The Kier molecular flexibility index (Phi) is 5.16. The Morgan fingerprint density at radius 2 is 1.85 bits per heavy atom. The second kappa shape index (κ2) is 7.89. The van der Waals surface area contributed by atoms with E-state index in [-0.39, 0.29) is 6.23 Å². The van der Waals surface area contributed by atoms with Gasteiger partial charge in [0.15, 0.2) is 6.23 Å². The van der Waals surface area contributed by atoms with Crippen LogP contribution in [0.5, 0.6) is 5.75 Å². The molecule has 27 heavy (non-hydrogen) atoms. The Hall–Kier alpha value is -2.72. The molecule has 0 amide bonds. The van der Waals surface area contributed by atoms with Gasteiger partial charge in [0.05, 0.1) is 18.9 Å². The van der Waals surface area contributed by atoms with E-state index in [1.165, 1.54) is 11.3 Å². The minimum absolute atomic E-state index is 0.0574. The van der Waals surface area contributed by atoms with Crippen molar-refractivity contribution >= 4 is 5.69 Å². The van der Waals surface area contributed by atoms with Gasteiger partial charge < -0.3 is 18.9 Å². The van der Waals surface area contributed by atoms with Crippen molar-refractivity contribution in [1.29, 1.82) is 0 Å². The summed E-state index contributed by atoms with van der Waals surface area (Å²) >= 11 is 0. The maximum absolute atomic E-state index is 6.07. The Bertz CT molecular complexity index is 885. The first-order chi connectivity index (χ1) is 13.3. The summed E-state index contributed by atoms with van der Waals surface area (Å²) in [5.74, 6) is 0.890. The molecular weight excluding hydrogens is 336 g/mol. The average Bonchev–Trinajstić information content (AvgIpc) is 3.38. The Morgan fingerprint density at radius 3 is 2.63 bits per heavy atom. The molecule has 3 aromatic rings. The van der Waals surface area contributed by atoms with Gasteiger partial charge in [-0.3, -0.25) is 0 Å². The maximum atomic E-state index is 6.07.